The Balaban J connectivity index is 2.05. The van der Waals surface area contributed by atoms with Crippen LogP contribution in [0.5, 0.6) is 0 Å². The van der Waals surface area contributed by atoms with Crippen molar-refractivity contribution >= 4 is 5.97 Å². The summed E-state index contributed by atoms with van der Waals surface area (Å²) in [6.07, 6.45) is -1.55. The molecule has 6 nitrogen and oxygen atoms in total. The van der Waals surface area contributed by atoms with Gasteiger partial charge in [-0.1, -0.05) is 65.8 Å². The Morgan fingerprint density at radius 1 is 1.14 bits per heavy atom. The monoisotopic (exact) mass is 297 g/mol. The second-order valence-electron chi connectivity index (χ2n) is 4.60. The van der Waals surface area contributed by atoms with E-state index in [1.165, 1.54) is 0 Å². The van der Waals surface area contributed by atoms with Gasteiger partial charge in [0.05, 0.1) is 6.04 Å². The van der Waals surface area contributed by atoms with Gasteiger partial charge in [0.15, 0.2) is 6.10 Å². The van der Waals surface area contributed by atoms with Gasteiger partial charge in [0.25, 0.3) is 0 Å². The predicted octanol–water partition coefficient (Wildman–Crippen LogP) is 3.14. The molecule has 0 saturated carbocycles. The minimum absolute atomic E-state index is 0.0501. The van der Waals surface area contributed by atoms with Crippen LogP contribution in [0.1, 0.15) is 17.2 Å². The SMILES string of the molecule is [N-]=[N+]=N[C@H](c1ccccc1)C(O)C(=O)OCc1ccccc1. The van der Waals surface area contributed by atoms with Gasteiger partial charge in [-0.2, -0.15) is 0 Å². The van der Waals surface area contributed by atoms with Gasteiger partial charge in [-0.3, -0.25) is 0 Å². The van der Waals surface area contributed by atoms with Gasteiger partial charge >= 0.3 is 5.97 Å². The fourth-order valence-electron chi connectivity index (χ4n) is 1.96. The number of aliphatic hydroxyl groups excluding tert-OH is 1. The molecule has 2 aromatic rings. The molecule has 0 saturated heterocycles. The molecule has 1 unspecified atom stereocenters. The second kappa shape index (κ2) is 7.83. The van der Waals surface area contributed by atoms with Crippen molar-refractivity contribution in [1.29, 1.82) is 0 Å². The van der Waals surface area contributed by atoms with Crippen molar-refractivity contribution in [3.8, 4) is 0 Å². The fourth-order valence-corrected chi connectivity index (χ4v) is 1.96. The summed E-state index contributed by atoms with van der Waals surface area (Å²) in [5.74, 6) is -0.829. The molecule has 2 aromatic carbocycles. The van der Waals surface area contributed by atoms with Crippen LogP contribution >= 0.6 is 0 Å². The van der Waals surface area contributed by atoms with E-state index in [-0.39, 0.29) is 6.61 Å². The summed E-state index contributed by atoms with van der Waals surface area (Å²) in [5, 5.41) is 13.6. The number of hydrogen-bond donors (Lipinski definition) is 1. The number of esters is 1. The molecule has 0 bridgehead atoms. The minimum Gasteiger partial charge on any atom is -0.459 e. The van der Waals surface area contributed by atoms with Crippen LogP contribution in [0.15, 0.2) is 65.8 Å². The molecule has 0 aliphatic heterocycles. The largest absolute Gasteiger partial charge is 0.459 e. The maximum absolute atomic E-state index is 12.0. The van der Waals surface area contributed by atoms with E-state index in [0.29, 0.717) is 5.56 Å². The number of ether oxygens (including phenoxy) is 1. The molecule has 0 aliphatic rings. The highest BCUT2D eigenvalue weighted by atomic mass is 16.5. The lowest BCUT2D eigenvalue weighted by Crippen LogP contribution is -2.28. The third-order valence-electron chi connectivity index (χ3n) is 3.08. The van der Waals surface area contributed by atoms with Gasteiger partial charge < -0.3 is 9.84 Å². The number of rotatable bonds is 6. The number of nitrogens with zero attached hydrogens (tertiary/aromatic N) is 3. The van der Waals surface area contributed by atoms with Crippen molar-refractivity contribution in [2.45, 2.75) is 18.8 Å². The summed E-state index contributed by atoms with van der Waals surface area (Å²) >= 11 is 0. The molecule has 0 amide bonds. The molecular formula is C16H15N3O3. The zero-order valence-corrected chi connectivity index (χ0v) is 11.7. The average molecular weight is 297 g/mol. The van der Waals surface area contributed by atoms with Crippen molar-refractivity contribution in [1.82, 2.24) is 0 Å². The van der Waals surface area contributed by atoms with Gasteiger partial charge in [0.2, 0.25) is 0 Å². The van der Waals surface area contributed by atoms with Crippen molar-refractivity contribution < 1.29 is 14.6 Å². The van der Waals surface area contributed by atoms with Crippen LogP contribution in [0.2, 0.25) is 0 Å². The van der Waals surface area contributed by atoms with E-state index in [2.05, 4.69) is 10.0 Å². The Bertz CT molecular complexity index is 655. The number of carbonyl (C=O) groups excluding carboxylic acids is 1. The van der Waals surface area contributed by atoms with E-state index in [1.54, 1.807) is 30.3 Å². The normalized spacial score (nSPS) is 12.8. The molecule has 0 aromatic heterocycles. The summed E-state index contributed by atoms with van der Waals surface area (Å²) in [4.78, 5) is 14.6. The maximum atomic E-state index is 12.0. The van der Waals surface area contributed by atoms with Gasteiger partial charge in [0, 0.05) is 4.91 Å². The van der Waals surface area contributed by atoms with Gasteiger partial charge in [0.1, 0.15) is 6.61 Å². The highest BCUT2D eigenvalue weighted by Crippen LogP contribution is 2.22. The van der Waals surface area contributed by atoms with Crippen LogP contribution in [0.3, 0.4) is 0 Å². The molecule has 0 fully saturated rings. The van der Waals surface area contributed by atoms with Gasteiger partial charge in [-0.05, 0) is 16.7 Å². The molecule has 0 aliphatic carbocycles. The van der Waals surface area contributed by atoms with Crippen LogP contribution in [-0.2, 0) is 16.1 Å². The first kappa shape index (κ1) is 15.6. The number of hydrogen-bond acceptors (Lipinski definition) is 4. The molecular weight excluding hydrogens is 282 g/mol. The molecule has 2 atom stereocenters. The van der Waals surface area contributed by atoms with E-state index in [0.717, 1.165) is 5.56 Å². The average Bonchev–Trinajstić information content (AvgIpc) is 2.58. The third-order valence-corrected chi connectivity index (χ3v) is 3.08. The topological polar surface area (TPSA) is 95.3 Å². The lowest BCUT2D eigenvalue weighted by atomic mass is 10.0. The Hall–Kier alpha value is -2.82. The summed E-state index contributed by atoms with van der Waals surface area (Å²) in [6.45, 7) is 0.0501. The molecule has 0 heterocycles. The third kappa shape index (κ3) is 4.09. The summed E-state index contributed by atoms with van der Waals surface area (Å²) in [7, 11) is 0. The zero-order valence-electron chi connectivity index (χ0n) is 11.7. The number of aliphatic hydroxyl groups is 1. The van der Waals surface area contributed by atoms with E-state index in [9.17, 15) is 9.90 Å². The molecule has 1 N–H and O–H groups in total. The van der Waals surface area contributed by atoms with Crippen molar-refractivity contribution in [3.63, 3.8) is 0 Å². The van der Waals surface area contributed by atoms with Crippen molar-refractivity contribution in [2.24, 2.45) is 5.11 Å². The fraction of sp³-hybridized carbons (Fsp3) is 0.188. The zero-order chi connectivity index (χ0) is 15.8. The van der Waals surface area contributed by atoms with E-state index in [4.69, 9.17) is 10.3 Å². The molecule has 112 valence electrons. The van der Waals surface area contributed by atoms with Crippen LogP contribution in [0.4, 0.5) is 0 Å². The first-order valence-corrected chi connectivity index (χ1v) is 6.70. The quantitative estimate of drug-likeness (QED) is 0.384. The first-order chi connectivity index (χ1) is 10.7. The van der Waals surface area contributed by atoms with E-state index in [1.807, 2.05) is 30.3 Å². The molecule has 0 radical (unpaired) electrons. The molecule has 6 heteroatoms. The smallest absolute Gasteiger partial charge is 0.336 e. The lowest BCUT2D eigenvalue weighted by Gasteiger charge is -2.17. The van der Waals surface area contributed by atoms with Crippen LogP contribution in [-0.4, -0.2) is 17.2 Å². The summed E-state index contributed by atoms with van der Waals surface area (Å²) in [6, 6.07) is 16.7. The van der Waals surface area contributed by atoms with E-state index >= 15 is 0 Å². The first-order valence-electron chi connectivity index (χ1n) is 6.70. The van der Waals surface area contributed by atoms with Gasteiger partial charge in [-0.15, -0.1) is 0 Å². The second-order valence-corrected chi connectivity index (χ2v) is 4.60. The van der Waals surface area contributed by atoms with Crippen LogP contribution < -0.4 is 0 Å². The Kier molecular flexibility index (Phi) is 5.54. The highest BCUT2D eigenvalue weighted by Gasteiger charge is 2.28. The number of carbonyl (C=O) groups is 1. The molecule has 2 rings (SSSR count). The van der Waals surface area contributed by atoms with Crippen molar-refractivity contribution in [2.75, 3.05) is 0 Å². The number of azide groups is 1. The Morgan fingerprint density at radius 3 is 2.32 bits per heavy atom. The van der Waals surface area contributed by atoms with E-state index < -0.39 is 18.1 Å². The molecule has 0 spiro atoms. The molecule has 22 heavy (non-hydrogen) atoms. The Morgan fingerprint density at radius 2 is 1.73 bits per heavy atom. The summed E-state index contributed by atoms with van der Waals surface area (Å²) in [5.41, 5.74) is 9.99. The highest BCUT2D eigenvalue weighted by molar-refractivity contribution is 5.75. The lowest BCUT2D eigenvalue weighted by molar-refractivity contribution is -0.156. The maximum Gasteiger partial charge on any atom is 0.336 e. The van der Waals surface area contributed by atoms with Crippen molar-refractivity contribution in [3.05, 3.63) is 82.2 Å². The minimum atomic E-state index is -1.55. The standard InChI is InChI=1S/C16H15N3O3/c17-19-18-14(13-9-5-2-6-10-13)15(20)16(21)22-11-12-7-3-1-4-8-12/h1-10,14-15,20H,11H2/t14-,15?/m1/s1. The summed E-state index contributed by atoms with van der Waals surface area (Å²) < 4.78 is 5.07. The number of benzene rings is 2. The Labute approximate surface area is 127 Å². The predicted molar refractivity (Wildman–Crippen MR) is 80.6 cm³/mol. The van der Waals surface area contributed by atoms with Gasteiger partial charge in [-0.25, -0.2) is 4.79 Å². The van der Waals surface area contributed by atoms with Crippen LogP contribution in [0, 0.1) is 0 Å². The van der Waals surface area contributed by atoms with Crippen LogP contribution in [0.25, 0.3) is 10.4 Å².